The topological polar surface area (TPSA) is 76.4 Å². The van der Waals surface area contributed by atoms with Crippen molar-refractivity contribution in [3.8, 4) is 5.69 Å². The van der Waals surface area contributed by atoms with Gasteiger partial charge in [-0.15, -0.1) is 10.2 Å². The van der Waals surface area contributed by atoms with Crippen LogP contribution in [0.2, 0.25) is 5.02 Å². The zero-order chi connectivity index (χ0) is 23.7. The number of ether oxygens (including phenoxy) is 1. The van der Waals surface area contributed by atoms with Crippen LogP contribution in [-0.4, -0.2) is 56.9 Å². The van der Waals surface area contributed by atoms with E-state index in [1.165, 1.54) is 12.3 Å². The molecule has 2 aromatic heterocycles. The van der Waals surface area contributed by atoms with Gasteiger partial charge >= 0.3 is 0 Å². The van der Waals surface area contributed by atoms with E-state index in [9.17, 15) is 9.18 Å². The summed E-state index contributed by atoms with van der Waals surface area (Å²) >= 11 is 6.34. The number of aromatic nitrogens is 4. The van der Waals surface area contributed by atoms with Crippen LogP contribution in [0.25, 0.3) is 5.69 Å². The lowest BCUT2D eigenvalue weighted by Gasteiger charge is -2.59. The van der Waals surface area contributed by atoms with Crippen LogP contribution in [0.3, 0.4) is 0 Å². The summed E-state index contributed by atoms with van der Waals surface area (Å²) in [6.07, 6.45) is 3.31. The van der Waals surface area contributed by atoms with Gasteiger partial charge in [0.15, 0.2) is 5.82 Å². The van der Waals surface area contributed by atoms with Gasteiger partial charge < -0.3 is 14.5 Å². The molecule has 5 heterocycles. The maximum Gasteiger partial charge on any atom is 0.231 e. The zero-order valence-corrected chi connectivity index (χ0v) is 19.8. The van der Waals surface area contributed by atoms with E-state index in [1.807, 2.05) is 23.1 Å². The third kappa shape index (κ3) is 3.43. The lowest BCUT2D eigenvalue weighted by Crippen LogP contribution is -2.62. The number of amides is 1. The van der Waals surface area contributed by atoms with Crippen molar-refractivity contribution in [3.05, 3.63) is 64.6 Å². The number of halogens is 2. The van der Waals surface area contributed by atoms with Crippen LogP contribution in [0.15, 0.2) is 36.5 Å². The molecular weight excluding hydrogens is 471 g/mol. The van der Waals surface area contributed by atoms with Gasteiger partial charge in [-0.05, 0) is 48.7 Å². The van der Waals surface area contributed by atoms with Crippen molar-refractivity contribution in [2.24, 2.45) is 11.3 Å². The van der Waals surface area contributed by atoms with Crippen molar-refractivity contribution >= 4 is 23.3 Å². The lowest BCUT2D eigenvalue weighted by molar-refractivity contribution is -0.151. The standard InChI is InChI=1S/C25H24ClFN6O2/c26-18-1-3-20-15(5-18)9-31(24(34)17-11-35-12-17)10-22-29-30-23(33(20)22)16-6-25(7-16)13-32(14-25)21-4-2-19(27)8-28-21/h1-5,8,16-17H,6-7,9-14H2. The number of nitrogens with zero attached hydrogens (tertiary/aromatic N) is 6. The highest BCUT2D eigenvalue weighted by atomic mass is 35.5. The van der Waals surface area contributed by atoms with Crippen molar-refractivity contribution in [2.45, 2.75) is 31.8 Å². The van der Waals surface area contributed by atoms with Crippen LogP contribution < -0.4 is 4.90 Å². The van der Waals surface area contributed by atoms with Crippen molar-refractivity contribution < 1.29 is 13.9 Å². The minimum atomic E-state index is -0.317. The van der Waals surface area contributed by atoms with Gasteiger partial charge in [0.05, 0.1) is 37.6 Å². The molecule has 1 saturated carbocycles. The molecule has 8 nitrogen and oxygen atoms in total. The highest BCUT2D eigenvalue weighted by Gasteiger charge is 2.54. The van der Waals surface area contributed by atoms with Crippen LogP contribution >= 0.6 is 11.6 Å². The predicted octanol–water partition coefficient (Wildman–Crippen LogP) is 3.33. The third-order valence-electron chi connectivity index (χ3n) is 7.84. The van der Waals surface area contributed by atoms with Gasteiger partial charge in [-0.2, -0.15) is 0 Å². The number of fused-ring (bicyclic) bond motifs is 3. The normalized spacial score (nSPS) is 21.0. The summed E-state index contributed by atoms with van der Waals surface area (Å²) in [5.74, 6) is 2.54. The van der Waals surface area contributed by atoms with E-state index >= 15 is 0 Å². The molecule has 4 aliphatic rings. The molecule has 3 fully saturated rings. The summed E-state index contributed by atoms with van der Waals surface area (Å²) in [6.45, 7) is 3.69. The SMILES string of the molecule is O=C(C1COC1)N1Cc2cc(Cl)ccc2-n2c(nnc2C2CC3(C2)CN(c2ccc(F)cn2)C3)C1. The molecule has 1 spiro atoms. The van der Waals surface area contributed by atoms with E-state index in [2.05, 4.69) is 24.6 Å². The molecule has 0 radical (unpaired) electrons. The molecule has 10 heteroatoms. The van der Waals surface area contributed by atoms with Gasteiger partial charge in [-0.3, -0.25) is 9.36 Å². The van der Waals surface area contributed by atoms with E-state index in [1.54, 1.807) is 6.07 Å². The molecule has 2 saturated heterocycles. The number of hydrogen-bond donors (Lipinski definition) is 0. The van der Waals surface area contributed by atoms with Crippen LogP contribution in [0, 0.1) is 17.2 Å². The number of carbonyl (C=O) groups is 1. The molecule has 7 rings (SSSR count). The first-order valence-corrected chi connectivity index (χ1v) is 12.3. The molecule has 0 atom stereocenters. The van der Waals surface area contributed by atoms with E-state index in [-0.39, 0.29) is 23.1 Å². The number of pyridine rings is 1. The minimum Gasteiger partial charge on any atom is -0.380 e. The second-order valence-corrected chi connectivity index (χ2v) is 10.7. The first-order valence-electron chi connectivity index (χ1n) is 11.9. The van der Waals surface area contributed by atoms with E-state index in [0.29, 0.717) is 37.2 Å². The lowest BCUT2D eigenvalue weighted by atomic mass is 9.57. The third-order valence-corrected chi connectivity index (χ3v) is 8.08. The Labute approximate surface area is 206 Å². The van der Waals surface area contributed by atoms with Crippen LogP contribution in [-0.2, 0) is 22.6 Å². The molecular formula is C25H24ClFN6O2. The van der Waals surface area contributed by atoms with Crippen LogP contribution in [0.1, 0.15) is 36.0 Å². The minimum absolute atomic E-state index is 0.0878. The van der Waals surface area contributed by atoms with Crippen molar-refractivity contribution in [2.75, 3.05) is 31.2 Å². The fraction of sp³-hybridized carbons (Fsp3) is 0.440. The quantitative estimate of drug-likeness (QED) is 0.556. The maximum atomic E-state index is 13.2. The second-order valence-electron chi connectivity index (χ2n) is 10.3. The Hall–Kier alpha value is -3.04. The van der Waals surface area contributed by atoms with Crippen molar-refractivity contribution in [1.82, 2.24) is 24.6 Å². The average Bonchev–Trinajstić information content (AvgIpc) is 3.07. The number of anilines is 1. The Kier molecular flexibility index (Phi) is 4.70. The van der Waals surface area contributed by atoms with E-state index < -0.39 is 0 Å². The maximum absolute atomic E-state index is 13.2. The monoisotopic (exact) mass is 494 g/mol. The van der Waals surface area contributed by atoms with Gasteiger partial charge in [0.1, 0.15) is 17.5 Å². The Bertz CT molecular complexity index is 1310. The molecule has 1 aromatic carbocycles. The van der Waals surface area contributed by atoms with Gasteiger partial charge in [-0.25, -0.2) is 9.37 Å². The summed E-state index contributed by atoms with van der Waals surface area (Å²) in [6, 6.07) is 9.02. The first-order chi connectivity index (χ1) is 17.0. The Morgan fingerprint density at radius 3 is 2.66 bits per heavy atom. The molecule has 0 N–H and O–H groups in total. The summed E-state index contributed by atoms with van der Waals surface area (Å²) in [7, 11) is 0. The molecule has 1 aliphatic carbocycles. The first kappa shape index (κ1) is 21.3. The van der Waals surface area contributed by atoms with E-state index in [4.69, 9.17) is 16.3 Å². The largest absolute Gasteiger partial charge is 0.380 e. The number of carbonyl (C=O) groups excluding carboxylic acids is 1. The smallest absolute Gasteiger partial charge is 0.231 e. The Morgan fingerprint density at radius 1 is 1.11 bits per heavy atom. The fourth-order valence-electron chi connectivity index (χ4n) is 5.99. The van der Waals surface area contributed by atoms with Gasteiger partial charge in [0.2, 0.25) is 5.91 Å². The summed E-state index contributed by atoms with van der Waals surface area (Å²) < 4.78 is 20.6. The Morgan fingerprint density at radius 2 is 1.94 bits per heavy atom. The number of rotatable bonds is 3. The summed E-state index contributed by atoms with van der Waals surface area (Å²) in [5.41, 5.74) is 2.24. The van der Waals surface area contributed by atoms with Crippen molar-refractivity contribution in [3.63, 3.8) is 0 Å². The molecule has 1 amide bonds. The predicted molar refractivity (Wildman–Crippen MR) is 126 cm³/mol. The zero-order valence-electron chi connectivity index (χ0n) is 19.0. The average molecular weight is 495 g/mol. The molecule has 3 aliphatic heterocycles. The number of benzene rings is 1. The summed E-state index contributed by atoms with van der Waals surface area (Å²) in [5, 5.41) is 9.80. The molecule has 0 bridgehead atoms. The van der Waals surface area contributed by atoms with E-state index in [0.717, 1.165) is 54.6 Å². The van der Waals surface area contributed by atoms with Gasteiger partial charge in [0, 0.05) is 36.0 Å². The summed E-state index contributed by atoms with van der Waals surface area (Å²) in [4.78, 5) is 21.3. The van der Waals surface area contributed by atoms with Crippen LogP contribution in [0.4, 0.5) is 10.2 Å². The molecule has 3 aromatic rings. The highest BCUT2D eigenvalue weighted by Crippen LogP contribution is 2.56. The number of hydrogen-bond acceptors (Lipinski definition) is 6. The van der Waals surface area contributed by atoms with Gasteiger partial charge in [-0.1, -0.05) is 11.6 Å². The molecule has 180 valence electrons. The van der Waals surface area contributed by atoms with Crippen LogP contribution in [0.5, 0.6) is 0 Å². The van der Waals surface area contributed by atoms with Crippen molar-refractivity contribution in [1.29, 1.82) is 0 Å². The molecule has 35 heavy (non-hydrogen) atoms. The highest BCUT2D eigenvalue weighted by molar-refractivity contribution is 6.30. The Balaban J connectivity index is 1.14. The fourth-order valence-corrected chi connectivity index (χ4v) is 6.18. The second kappa shape index (κ2) is 7.73. The molecule has 0 unspecified atom stereocenters. The van der Waals surface area contributed by atoms with Gasteiger partial charge in [0.25, 0.3) is 0 Å².